The first-order valence-electron chi connectivity index (χ1n) is 3.91. The van der Waals surface area contributed by atoms with E-state index in [0.717, 1.165) is 0 Å². The highest BCUT2D eigenvalue weighted by Gasteiger charge is 2.13. The second-order valence-electron chi connectivity index (χ2n) is 2.54. The number of aryl methyl sites for hydroxylation is 1. The summed E-state index contributed by atoms with van der Waals surface area (Å²) < 4.78 is 18.1. The predicted octanol–water partition coefficient (Wildman–Crippen LogP) is -0.0726. The van der Waals surface area contributed by atoms with E-state index in [4.69, 9.17) is 4.74 Å². The number of aliphatic hydroxyl groups is 1. The molecule has 5 nitrogen and oxygen atoms in total. The Balaban J connectivity index is 2.68. The van der Waals surface area contributed by atoms with Crippen molar-refractivity contribution in [3.05, 3.63) is 11.9 Å². The summed E-state index contributed by atoms with van der Waals surface area (Å²) in [6, 6.07) is 0. The van der Waals surface area contributed by atoms with Crippen LogP contribution in [-0.4, -0.2) is 40.5 Å². The van der Waals surface area contributed by atoms with Gasteiger partial charge < -0.3 is 9.84 Å². The molecule has 13 heavy (non-hydrogen) atoms. The summed E-state index contributed by atoms with van der Waals surface area (Å²) in [5.41, 5.74) is 0.472. The van der Waals surface area contributed by atoms with Crippen LogP contribution in [0, 0.1) is 0 Å². The highest BCUT2D eigenvalue weighted by Crippen LogP contribution is 2.10. The Morgan fingerprint density at radius 1 is 1.77 bits per heavy atom. The van der Waals surface area contributed by atoms with Gasteiger partial charge in [-0.1, -0.05) is 5.21 Å². The van der Waals surface area contributed by atoms with Gasteiger partial charge in [0, 0.05) is 7.11 Å². The number of halogens is 1. The zero-order valence-corrected chi connectivity index (χ0v) is 7.35. The van der Waals surface area contributed by atoms with Gasteiger partial charge in [-0.05, 0) is 0 Å². The summed E-state index contributed by atoms with van der Waals surface area (Å²) in [7, 11) is 1.48. The van der Waals surface area contributed by atoms with Crippen molar-refractivity contribution in [2.75, 3.05) is 20.4 Å². The maximum absolute atomic E-state index is 12.0. The monoisotopic (exact) mass is 189 g/mol. The van der Waals surface area contributed by atoms with Crippen molar-refractivity contribution < 1.29 is 14.2 Å². The van der Waals surface area contributed by atoms with Gasteiger partial charge >= 0.3 is 0 Å². The minimum Gasteiger partial charge on any atom is -0.384 e. The number of aliphatic hydroxyl groups excluding tert-OH is 1. The number of alkyl halides is 1. The Hall–Kier alpha value is -1.01. The fourth-order valence-corrected chi connectivity index (χ4v) is 1.02. The second-order valence-corrected chi connectivity index (χ2v) is 2.54. The third-order valence-electron chi connectivity index (χ3n) is 1.61. The van der Waals surface area contributed by atoms with E-state index in [2.05, 4.69) is 10.3 Å². The van der Waals surface area contributed by atoms with Crippen molar-refractivity contribution in [2.24, 2.45) is 0 Å². The van der Waals surface area contributed by atoms with Gasteiger partial charge in [0.15, 0.2) is 0 Å². The van der Waals surface area contributed by atoms with Crippen molar-refractivity contribution in [1.82, 2.24) is 15.0 Å². The molecule has 1 atom stereocenters. The molecule has 0 fully saturated rings. The molecule has 74 valence electrons. The molecule has 0 saturated carbocycles. The number of hydrogen-bond donors (Lipinski definition) is 1. The van der Waals surface area contributed by atoms with E-state index in [-0.39, 0.29) is 13.2 Å². The average molecular weight is 189 g/mol. The second kappa shape index (κ2) is 4.88. The van der Waals surface area contributed by atoms with Gasteiger partial charge in [-0.25, -0.2) is 9.07 Å². The molecule has 1 heterocycles. The van der Waals surface area contributed by atoms with Crippen molar-refractivity contribution in [2.45, 2.75) is 12.6 Å². The Morgan fingerprint density at radius 2 is 2.54 bits per heavy atom. The van der Waals surface area contributed by atoms with Crippen molar-refractivity contribution in [3.63, 3.8) is 0 Å². The molecule has 0 saturated heterocycles. The quantitative estimate of drug-likeness (QED) is 0.704. The van der Waals surface area contributed by atoms with Crippen LogP contribution in [0.4, 0.5) is 4.39 Å². The predicted molar refractivity (Wildman–Crippen MR) is 42.8 cm³/mol. The maximum Gasteiger partial charge on any atom is 0.120 e. The van der Waals surface area contributed by atoms with Crippen LogP contribution in [0.5, 0.6) is 0 Å². The van der Waals surface area contributed by atoms with Crippen molar-refractivity contribution in [3.8, 4) is 0 Å². The number of nitrogens with zero attached hydrogens (tertiary/aromatic N) is 3. The van der Waals surface area contributed by atoms with E-state index >= 15 is 0 Å². The fourth-order valence-electron chi connectivity index (χ4n) is 1.02. The Labute approximate surface area is 75.1 Å². The van der Waals surface area contributed by atoms with Crippen molar-refractivity contribution in [1.29, 1.82) is 0 Å². The number of hydrogen-bond acceptors (Lipinski definition) is 4. The number of ether oxygens (including phenoxy) is 1. The molecule has 1 rings (SSSR count). The summed E-state index contributed by atoms with van der Waals surface area (Å²) in [6.07, 6.45) is 0.603. The molecule has 0 bridgehead atoms. The van der Waals surface area contributed by atoms with Crippen LogP contribution in [0.25, 0.3) is 0 Å². The summed E-state index contributed by atoms with van der Waals surface area (Å²) in [6.45, 7) is -0.272. The molecule has 6 heteroatoms. The molecule has 0 aliphatic carbocycles. The zero-order valence-electron chi connectivity index (χ0n) is 7.35. The van der Waals surface area contributed by atoms with Crippen LogP contribution >= 0.6 is 0 Å². The maximum atomic E-state index is 12.0. The third kappa shape index (κ3) is 2.46. The van der Waals surface area contributed by atoms with Gasteiger partial charge in [0.2, 0.25) is 0 Å². The Kier molecular flexibility index (Phi) is 3.78. The van der Waals surface area contributed by atoms with Gasteiger partial charge in [-0.15, -0.1) is 5.10 Å². The van der Waals surface area contributed by atoms with E-state index in [0.29, 0.717) is 5.69 Å². The fraction of sp³-hybridized carbons (Fsp3) is 0.714. The van der Waals surface area contributed by atoms with Crippen LogP contribution in [0.1, 0.15) is 11.8 Å². The third-order valence-corrected chi connectivity index (χ3v) is 1.61. The van der Waals surface area contributed by atoms with Crippen molar-refractivity contribution >= 4 is 0 Å². The first-order valence-corrected chi connectivity index (χ1v) is 3.91. The summed E-state index contributed by atoms with van der Waals surface area (Å²) in [5.74, 6) is 0. The zero-order chi connectivity index (χ0) is 9.68. The minimum absolute atomic E-state index is 0.107. The molecule has 0 aliphatic rings. The van der Waals surface area contributed by atoms with E-state index in [1.54, 1.807) is 0 Å². The Morgan fingerprint density at radius 3 is 3.15 bits per heavy atom. The minimum atomic E-state index is -0.799. The lowest BCUT2D eigenvalue weighted by molar-refractivity contribution is 0.0583. The van der Waals surface area contributed by atoms with Crippen LogP contribution in [0.3, 0.4) is 0 Å². The SMILES string of the molecule is COCC(O)c1cnnn1CCF. The lowest BCUT2D eigenvalue weighted by atomic mass is 10.3. The molecule has 0 amide bonds. The highest BCUT2D eigenvalue weighted by molar-refractivity contribution is 4.98. The van der Waals surface area contributed by atoms with Gasteiger partial charge in [0.05, 0.1) is 25.0 Å². The van der Waals surface area contributed by atoms with Crippen LogP contribution in [0.2, 0.25) is 0 Å². The smallest absolute Gasteiger partial charge is 0.120 e. The number of methoxy groups -OCH3 is 1. The van der Waals surface area contributed by atoms with E-state index in [1.807, 2.05) is 0 Å². The lowest BCUT2D eigenvalue weighted by Gasteiger charge is -2.09. The molecule has 1 unspecified atom stereocenters. The number of rotatable bonds is 5. The first kappa shape index (κ1) is 10.1. The summed E-state index contributed by atoms with van der Waals surface area (Å²) >= 11 is 0. The molecule has 1 aromatic rings. The standard InChI is InChI=1S/C7H12FN3O2/c1-13-5-7(12)6-4-9-10-11(6)3-2-8/h4,7,12H,2-3,5H2,1H3. The van der Waals surface area contributed by atoms with E-state index in [1.165, 1.54) is 18.0 Å². The van der Waals surface area contributed by atoms with Gasteiger partial charge in [0.1, 0.15) is 12.8 Å². The lowest BCUT2D eigenvalue weighted by Crippen LogP contribution is -2.13. The highest BCUT2D eigenvalue weighted by atomic mass is 19.1. The first-order chi connectivity index (χ1) is 6.29. The van der Waals surface area contributed by atoms with Gasteiger partial charge in [0.25, 0.3) is 0 Å². The van der Waals surface area contributed by atoms with Crippen LogP contribution < -0.4 is 0 Å². The molecule has 0 aromatic carbocycles. The van der Waals surface area contributed by atoms with E-state index in [9.17, 15) is 9.50 Å². The van der Waals surface area contributed by atoms with E-state index < -0.39 is 12.8 Å². The summed E-state index contributed by atoms with van der Waals surface area (Å²) in [4.78, 5) is 0. The molecule has 1 N–H and O–H groups in total. The molecular formula is C7H12FN3O2. The number of aromatic nitrogens is 3. The largest absolute Gasteiger partial charge is 0.384 e. The molecule has 0 radical (unpaired) electrons. The topological polar surface area (TPSA) is 60.2 Å². The average Bonchev–Trinajstić information content (AvgIpc) is 2.54. The van der Waals surface area contributed by atoms with Crippen LogP contribution in [-0.2, 0) is 11.3 Å². The molecule has 1 aromatic heterocycles. The molecule has 0 spiro atoms. The van der Waals surface area contributed by atoms with Gasteiger partial charge in [-0.2, -0.15) is 0 Å². The van der Waals surface area contributed by atoms with Gasteiger partial charge in [-0.3, -0.25) is 0 Å². The molecule has 0 aliphatic heterocycles. The Bertz CT molecular complexity index is 254. The van der Waals surface area contributed by atoms with Crippen LogP contribution in [0.15, 0.2) is 6.20 Å². The molecular weight excluding hydrogens is 177 g/mol. The summed E-state index contributed by atoms with van der Waals surface area (Å²) in [5, 5.41) is 16.7. The normalized spacial score (nSPS) is 13.2.